The third kappa shape index (κ3) is 2.24. The average Bonchev–Trinajstić information content (AvgIpc) is 2.65. The summed E-state index contributed by atoms with van der Waals surface area (Å²) in [6.07, 6.45) is 0.214. The molecule has 1 aromatic rings. The number of hydrogen-bond donors (Lipinski definition) is 2. The highest BCUT2D eigenvalue weighted by Crippen LogP contribution is 2.38. The van der Waals surface area contributed by atoms with Crippen LogP contribution in [0.3, 0.4) is 0 Å². The first kappa shape index (κ1) is 12.9. The van der Waals surface area contributed by atoms with Crippen LogP contribution in [0.25, 0.3) is 0 Å². The molecule has 2 atom stereocenters. The first-order valence-corrected chi connectivity index (χ1v) is 7.12. The lowest BCUT2D eigenvalue weighted by atomic mass is 10.1. The molecule has 19 heavy (non-hydrogen) atoms. The summed E-state index contributed by atoms with van der Waals surface area (Å²) in [6, 6.07) is 3.36. The van der Waals surface area contributed by atoms with Crippen molar-refractivity contribution in [3.8, 4) is 0 Å². The Labute approximate surface area is 120 Å². The number of nitrogens with zero attached hydrogens (tertiary/aromatic N) is 1. The third-order valence-corrected chi connectivity index (χ3v) is 4.21. The Kier molecular flexibility index (Phi) is 3.24. The molecule has 0 aromatic heterocycles. The SMILES string of the molecule is CC1CN(c2cc3c(cc2Br)C(N)C(=O)N3)CCO1. The van der Waals surface area contributed by atoms with Gasteiger partial charge in [-0.3, -0.25) is 4.79 Å². The molecule has 3 N–H and O–H groups in total. The molecule has 3 rings (SSSR count). The van der Waals surface area contributed by atoms with Crippen LogP contribution in [-0.4, -0.2) is 31.7 Å². The number of carbonyl (C=O) groups excluding carboxylic acids is 1. The molecule has 2 aliphatic heterocycles. The largest absolute Gasteiger partial charge is 0.375 e. The van der Waals surface area contributed by atoms with Crippen molar-refractivity contribution in [1.82, 2.24) is 0 Å². The number of anilines is 2. The second kappa shape index (κ2) is 4.77. The Morgan fingerprint density at radius 1 is 1.53 bits per heavy atom. The van der Waals surface area contributed by atoms with Crippen LogP contribution >= 0.6 is 15.9 Å². The molecule has 1 fully saturated rings. The van der Waals surface area contributed by atoms with E-state index in [1.165, 1.54) is 0 Å². The zero-order chi connectivity index (χ0) is 13.6. The second-order valence-electron chi connectivity index (χ2n) is 4.99. The van der Waals surface area contributed by atoms with Crippen LogP contribution in [0.5, 0.6) is 0 Å². The Bertz CT molecular complexity index is 535. The molecule has 102 valence electrons. The molecule has 2 aliphatic rings. The number of rotatable bonds is 1. The van der Waals surface area contributed by atoms with E-state index in [4.69, 9.17) is 10.5 Å². The maximum atomic E-state index is 11.6. The monoisotopic (exact) mass is 325 g/mol. The molecule has 6 heteroatoms. The van der Waals surface area contributed by atoms with Crippen molar-refractivity contribution in [2.45, 2.75) is 19.1 Å². The third-order valence-electron chi connectivity index (χ3n) is 3.58. The minimum atomic E-state index is -0.566. The fourth-order valence-electron chi connectivity index (χ4n) is 2.57. The summed E-state index contributed by atoms with van der Waals surface area (Å²) < 4.78 is 6.51. The van der Waals surface area contributed by atoms with Gasteiger partial charge in [-0.25, -0.2) is 0 Å². The average molecular weight is 326 g/mol. The summed E-state index contributed by atoms with van der Waals surface area (Å²) in [7, 11) is 0. The van der Waals surface area contributed by atoms with Gasteiger partial charge in [0.05, 0.1) is 18.4 Å². The van der Waals surface area contributed by atoms with Crippen LogP contribution in [0.2, 0.25) is 0 Å². The summed E-state index contributed by atoms with van der Waals surface area (Å²) in [5, 5.41) is 2.82. The van der Waals surface area contributed by atoms with Gasteiger partial charge in [0.25, 0.3) is 0 Å². The summed E-state index contributed by atoms with van der Waals surface area (Å²) in [5.41, 5.74) is 8.58. The smallest absolute Gasteiger partial charge is 0.245 e. The summed E-state index contributed by atoms with van der Waals surface area (Å²) >= 11 is 3.58. The van der Waals surface area contributed by atoms with Gasteiger partial charge in [0, 0.05) is 28.8 Å². The van der Waals surface area contributed by atoms with E-state index in [1.807, 2.05) is 12.1 Å². The number of nitrogens with one attached hydrogen (secondary N) is 1. The van der Waals surface area contributed by atoms with E-state index in [2.05, 4.69) is 33.1 Å². The molecule has 0 spiro atoms. The zero-order valence-electron chi connectivity index (χ0n) is 10.6. The molecule has 0 saturated carbocycles. The molecular formula is C13H16BrN3O2. The van der Waals surface area contributed by atoms with E-state index in [0.29, 0.717) is 0 Å². The molecule has 1 amide bonds. The summed E-state index contributed by atoms with van der Waals surface area (Å²) in [5.74, 6) is -0.144. The molecule has 2 unspecified atom stereocenters. The van der Waals surface area contributed by atoms with Crippen LogP contribution in [0, 0.1) is 0 Å². The number of halogens is 1. The van der Waals surface area contributed by atoms with E-state index in [9.17, 15) is 4.79 Å². The van der Waals surface area contributed by atoms with Gasteiger partial charge in [0.2, 0.25) is 5.91 Å². The van der Waals surface area contributed by atoms with Crippen LogP contribution < -0.4 is 16.0 Å². The van der Waals surface area contributed by atoms with Gasteiger partial charge in [0.15, 0.2) is 0 Å². The summed E-state index contributed by atoms with van der Waals surface area (Å²) in [4.78, 5) is 13.9. The Balaban J connectivity index is 1.95. The minimum absolute atomic E-state index is 0.144. The lowest BCUT2D eigenvalue weighted by Gasteiger charge is -2.33. The van der Waals surface area contributed by atoms with E-state index in [0.717, 1.165) is 41.1 Å². The quantitative estimate of drug-likeness (QED) is 0.823. The summed E-state index contributed by atoms with van der Waals surface area (Å²) in [6.45, 7) is 4.47. The van der Waals surface area contributed by atoms with Gasteiger partial charge in [-0.2, -0.15) is 0 Å². The number of nitrogens with two attached hydrogens (primary N) is 1. The van der Waals surface area contributed by atoms with Crippen molar-refractivity contribution >= 4 is 33.2 Å². The zero-order valence-corrected chi connectivity index (χ0v) is 12.2. The molecule has 0 radical (unpaired) electrons. The predicted molar refractivity (Wildman–Crippen MR) is 77.3 cm³/mol. The van der Waals surface area contributed by atoms with E-state index in [-0.39, 0.29) is 12.0 Å². The van der Waals surface area contributed by atoms with Gasteiger partial charge < -0.3 is 20.7 Å². The van der Waals surface area contributed by atoms with E-state index < -0.39 is 6.04 Å². The van der Waals surface area contributed by atoms with Crippen molar-refractivity contribution in [3.05, 3.63) is 22.2 Å². The van der Waals surface area contributed by atoms with Crippen LogP contribution in [0.1, 0.15) is 18.5 Å². The van der Waals surface area contributed by atoms with Crippen LogP contribution in [-0.2, 0) is 9.53 Å². The van der Waals surface area contributed by atoms with Crippen LogP contribution in [0.4, 0.5) is 11.4 Å². The molecule has 1 aromatic carbocycles. The highest BCUT2D eigenvalue weighted by molar-refractivity contribution is 9.10. The fourth-order valence-corrected chi connectivity index (χ4v) is 3.19. The molecular weight excluding hydrogens is 310 g/mol. The lowest BCUT2D eigenvalue weighted by Crippen LogP contribution is -2.41. The number of carbonyl (C=O) groups is 1. The lowest BCUT2D eigenvalue weighted by molar-refractivity contribution is -0.116. The van der Waals surface area contributed by atoms with Crippen LogP contribution in [0.15, 0.2) is 16.6 Å². The minimum Gasteiger partial charge on any atom is -0.375 e. The highest BCUT2D eigenvalue weighted by Gasteiger charge is 2.29. The number of ether oxygens (including phenoxy) is 1. The number of fused-ring (bicyclic) bond motifs is 1. The van der Waals surface area contributed by atoms with Crippen molar-refractivity contribution in [1.29, 1.82) is 0 Å². The molecule has 0 aliphatic carbocycles. The first-order valence-electron chi connectivity index (χ1n) is 6.32. The number of benzene rings is 1. The van der Waals surface area contributed by atoms with Gasteiger partial charge >= 0.3 is 0 Å². The van der Waals surface area contributed by atoms with Crippen molar-refractivity contribution in [2.24, 2.45) is 5.73 Å². The molecule has 2 heterocycles. The number of hydrogen-bond acceptors (Lipinski definition) is 4. The highest BCUT2D eigenvalue weighted by atomic mass is 79.9. The fraction of sp³-hybridized carbons (Fsp3) is 0.462. The normalized spacial score (nSPS) is 26.3. The maximum Gasteiger partial charge on any atom is 0.245 e. The van der Waals surface area contributed by atoms with Crippen molar-refractivity contribution in [3.63, 3.8) is 0 Å². The van der Waals surface area contributed by atoms with Gasteiger partial charge in [-0.15, -0.1) is 0 Å². The Hall–Kier alpha value is -1.11. The second-order valence-corrected chi connectivity index (χ2v) is 5.84. The number of morpholine rings is 1. The van der Waals surface area contributed by atoms with E-state index in [1.54, 1.807) is 0 Å². The van der Waals surface area contributed by atoms with E-state index >= 15 is 0 Å². The molecule has 5 nitrogen and oxygen atoms in total. The standard InChI is InChI=1S/C13H16BrN3O2/c1-7-6-17(2-3-19-7)11-5-10-8(4-9(11)14)12(15)13(18)16-10/h4-5,7,12H,2-3,6,15H2,1H3,(H,16,18). The topological polar surface area (TPSA) is 67.6 Å². The predicted octanol–water partition coefficient (Wildman–Crippen LogP) is 1.63. The van der Waals surface area contributed by atoms with Crippen molar-refractivity contribution < 1.29 is 9.53 Å². The van der Waals surface area contributed by atoms with Crippen molar-refractivity contribution in [2.75, 3.05) is 29.9 Å². The Morgan fingerprint density at radius 3 is 3.05 bits per heavy atom. The van der Waals surface area contributed by atoms with Gasteiger partial charge in [-0.1, -0.05) is 0 Å². The number of amides is 1. The van der Waals surface area contributed by atoms with Gasteiger partial charge in [0.1, 0.15) is 6.04 Å². The molecule has 1 saturated heterocycles. The maximum absolute atomic E-state index is 11.6. The van der Waals surface area contributed by atoms with Gasteiger partial charge in [-0.05, 0) is 35.0 Å². The first-order chi connectivity index (χ1) is 9.06. The molecule has 0 bridgehead atoms. The Morgan fingerprint density at radius 2 is 2.32 bits per heavy atom.